The molecule has 8 nitrogen and oxygen atoms in total. The number of aromatic nitrogens is 1. The molecule has 1 aromatic rings. The molecule has 3 N–H and O–H groups in total. The lowest BCUT2D eigenvalue weighted by atomic mass is 10.3. The molecular weight excluding hydrogens is 260 g/mol. The SMILES string of the molecule is N/[N+](=C1/NCCN1Cc1ccc(Cl)nc1)[N+](=O)[O-]. The average Bonchev–Trinajstić information content (AvgIpc) is 2.79. The first-order valence-corrected chi connectivity index (χ1v) is 5.61. The molecular formula is C9H12ClN6O2+. The van der Waals surface area contributed by atoms with Gasteiger partial charge in [0.15, 0.2) is 0 Å². The zero-order chi connectivity index (χ0) is 13.1. The fraction of sp³-hybridized carbons (Fsp3) is 0.333. The minimum Gasteiger partial charge on any atom is -0.327 e. The van der Waals surface area contributed by atoms with Crippen LogP contribution < -0.4 is 11.2 Å². The molecule has 0 spiro atoms. The molecule has 0 bridgehead atoms. The van der Waals surface area contributed by atoms with Gasteiger partial charge in [-0.25, -0.2) is 4.98 Å². The summed E-state index contributed by atoms with van der Waals surface area (Å²) < 4.78 is 0. The number of nitrogens with two attached hydrogens (primary N) is 1. The highest BCUT2D eigenvalue weighted by atomic mass is 35.5. The van der Waals surface area contributed by atoms with E-state index < -0.39 is 5.03 Å². The Bertz CT molecular complexity index is 488. The fourth-order valence-electron chi connectivity index (χ4n) is 1.70. The first-order valence-electron chi connectivity index (χ1n) is 5.23. The number of hydrogen-bond donors (Lipinski definition) is 2. The van der Waals surface area contributed by atoms with Crippen molar-refractivity contribution in [2.75, 3.05) is 13.1 Å². The summed E-state index contributed by atoms with van der Waals surface area (Å²) in [4.78, 5) is 16.8. The Morgan fingerprint density at radius 3 is 3.00 bits per heavy atom. The molecule has 0 amide bonds. The summed E-state index contributed by atoms with van der Waals surface area (Å²) in [6.07, 6.45) is 1.63. The Morgan fingerprint density at radius 2 is 2.39 bits per heavy atom. The second-order valence-electron chi connectivity index (χ2n) is 3.74. The van der Waals surface area contributed by atoms with Crippen molar-refractivity contribution in [3.8, 4) is 0 Å². The Hall–Kier alpha value is -2.09. The van der Waals surface area contributed by atoms with Gasteiger partial charge in [0.05, 0.1) is 19.6 Å². The molecule has 96 valence electrons. The molecule has 1 saturated heterocycles. The van der Waals surface area contributed by atoms with E-state index in [1.165, 1.54) is 0 Å². The maximum Gasteiger partial charge on any atom is 0.435 e. The number of pyridine rings is 1. The van der Waals surface area contributed by atoms with Gasteiger partial charge in [-0.1, -0.05) is 17.7 Å². The monoisotopic (exact) mass is 271 g/mol. The number of hydrazone groups is 2. The largest absolute Gasteiger partial charge is 0.435 e. The molecule has 1 aromatic heterocycles. The van der Waals surface area contributed by atoms with Crippen LogP contribution in [0.1, 0.15) is 5.56 Å². The number of nitrogens with zero attached hydrogens (tertiary/aromatic N) is 4. The van der Waals surface area contributed by atoms with Gasteiger partial charge in [-0.2, -0.15) is 5.84 Å². The maximum atomic E-state index is 10.6. The number of nitrogens with one attached hydrogen (secondary N) is 1. The Kier molecular flexibility index (Phi) is 3.47. The first-order chi connectivity index (χ1) is 8.58. The normalized spacial score (nSPS) is 17.5. The van der Waals surface area contributed by atoms with Gasteiger partial charge >= 0.3 is 5.96 Å². The summed E-state index contributed by atoms with van der Waals surface area (Å²) in [5.41, 5.74) is 0.900. The molecule has 1 aliphatic rings. The predicted molar refractivity (Wildman–Crippen MR) is 64.1 cm³/mol. The van der Waals surface area contributed by atoms with E-state index in [0.717, 1.165) is 5.56 Å². The average molecular weight is 272 g/mol. The number of nitro groups is 1. The third-order valence-electron chi connectivity index (χ3n) is 2.52. The quantitative estimate of drug-likeness (QED) is 0.254. The highest BCUT2D eigenvalue weighted by molar-refractivity contribution is 6.29. The lowest BCUT2D eigenvalue weighted by molar-refractivity contribution is -1.10. The third kappa shape index (κ3) is 2.59. The van der Waals surface area contributed by atoms with Crippen LogP contribution in [0.25, 0.3) is 0 Å². The van der Waals surface area contributed by atoms with Crippen molar-refractivity contribution >= 4 is 17.6 Å². The van der Waals surface area contributed by atoms with E-state index in [1.54, 1.807) is 17.2 Å². The van der Waals surface area contributed by atoms with E-state index >= 15 is 0 Å². The minimum absolute atomic E-state index is 0.273. The second-order valence-corrected chi connectivity index (χ2v) is 4.13. The van der Waals surface area contributed by atoms with E-state index in [1.807, 2.05) is 6.07 Å². The van der Waals surface area contributed by atoms with Crippen molar-refractivity contribution in [3.05, 3.63) is 39.2 Å². The molecule has 2 rings (SSSR count). The van der Waals surface area contributed by atoms with Crippen LogP contribution in [0.4, 0.5) is 0 Å². The van der Waals surface area contributed by atoms with Crippen molar-refractivity contribution in [2.24, 2.45) is 5.84 Å². The lowest BCUT2D eigenvalue weighted by Gasteiger charge is -2.10. The molecule has 0 saturated carbocycles. The van der Waals surface area contributed by atoms with Gasteiger partial charge in [-0.05, 0) is 6.07 Å². The summed E-state index contributed by atoms with van der Waals surface area (Å²) in [6, 6.07) is 3.49. The van der Waals surface area contributed by atoms with Crippen LogP contribution >= 0.6 is 11.6 Å². The van der Waals surface area contributed by atoms with E-state index in [-0.39, 0.29) is 5.96 Å². The zero-order valence-corrected chi connectivity index (χ0v) is 10.2. The third-order valence-corrected chi connectivity index (χ3v) is 2.74. The van der Waals surface area contributed by atoms with Gasteiger partial charge in [-0.15, -0.1) is 0 Å². The second kappa shape index (κ2) is 5.05. The maximum absolute atomic E-state index is 10.6. The van der Waals surface area contributed by atoms with Crippen LogP contribution in [-0.4, -0.2) is 38.8 Å². The summed E-state index contributed by atoms with van der Waals surface area (Å²) >= 11 is 5.69. The molecule has 0 unspecified atom stereocenters. The number of guanidine groups is 1. The predicted octanol–water partition coefficient (Wildman–Crippen LogP) is -0.426. The highest BCUT2D eigenvalue weighted by Crippen LogP contribution is 2.09. The molecule has 0 aromatic carbocycles. The van der Waals surface area contributed by atoms with Crippen LogP contribution in [0.5, 0.6) is 0 Å². The number of halogens is 1. The van der Waals surface area contributed by atoms with Gasteiger partial charge in [-0.3, -0.25) is 10.2 Å². The molecule has 9 heteroatoms. The van der Waals surface area contributed by atoms with Crippen molar-refractivity contribution in [3.63, 3.8) is 0 Å². The van der Waals surface area contributed by atoms with Crippen LogP contribution in [0.15, 0.2) is 18.3 Å². The minimum atomic E-state index is -0.680. The van der Waals surface area contributed by atoms with Crippen LogP contribution in [0.3, 0.4) is 0 Å². The summed E-state index contributed by atoms with van der Waals surface area (Å²) in [6.45, 7) is 1.73. The van der Waals surface area contributed by atoms with E-state index in [4.69, 9.17) is 17.4 Å². The smallest absolute Gasteiger partial charge is 0.327 e. The van der Waals surface area contributed by atoms with Crippen LogP contribution in [0, 0.1) is 10.1 Å². The van der Waals surface area contributed by atoms with E-state index in [2.05, 4.69) is 10.3 Å². The van der Waals surface area contributed by atoms with Crippen molar-refractivity contribution < 1.29 is 9.83 Å². The molecule has 0 radical (unpaired) electrons. The molecule has 1 aliphatic heterocycles. The topological polar surface area (TPSA) is 100 Å². The van der Waals surface area contributed by atoms with Crippen molar-refractivity contribution in [2.45, 2.75) is 6.54 Å². The standard InChI is InChI=1S/C9H11ClN6O2/c10-8-2-1-7(5-13-8)6-14-4-3-12-9(14)15(11)16(17)18/h1-2,5H,3-4,6,11H2/p+1. The lowest BCUT2D eigenvalue weighted by Crippen LogP contribution is -2.44. The van der Waals surface area contributed by atoms with Crippen LogP contribution in [-0.2, 0) is 6.54 Å². The Balaban J connectivity index is 2.16. The highest BCUT2D eigenvalue weighted by Gasteiger charge is 2.32. The Labute approximate surface area is 108 Å². The molecule has 1 fully saturated rings. The van der Waals surface area contributed by atoms with Crippen molar-refractivity contribution in [1.29, 1.82) is 0 Å². The summed E-state index contributed by atoms with van der Waals surface area (Å²) in [5, 5.41) is 13.2. The number of hydrazine groups is 2. The van der Waals surface area contributed by atoms with Gasteiger partial charge < -0.3 is 10.1 Å². The van der Waals surface area contributed by atoms with E-state index in [9.17, 15) is 10.1 Å². The Morgan fingerprint density at radius 1 is 1.61 bits per heavy atom. The molecule has 2 heterocycles. The molecule has 0 atom stereocenters. The van der Waals surface area contributed by atoms with Crippen LogP contribution in [0.2, 0.25) is 5.15 Å². The van der Waals surface area contributed by atoms with Gasteiger partial charge in [0.2, 0.25) is 0 Å². The summed E-state index contributed by atoms with van der Waals surface area (Å²) in [7, 11) is 0. The number of hydrogen-bond acceptors (Lipinski definition) is 4. The fourth-order valence-corrected chi connectivity index (χ4v) is 1.81. The van der Waals surface area contributed by atoms with Gasteiger partial charge in [0.25, 0.3) is 0 Å². The first kappa shape index (κ1) is 12.4. The molecule has 18 heavy (non-hydrogen) atoms. The zero-order valence-electron chi connectivity index (χ0n) is 9.41. The number of rotatable bonds is 3. The van der Waals surface area contributed by atoms with Crippen molar-refractivity contribution in [1.82, 2.24) is 15.2 Å². The van der Waals surface area contributed by atoms with Gasteiger partial charge in [0, 0.05) is 11.8 Å². The summed E-state index contributed by atoms with van der Waals surface area (Å²) in [5.74, 6) is 5.62. The van der Waals surface area contributed by atoms with Gasteiger partial charge in [0.1, 0.15) is 15.0 Å². The van der Waals surface area contributed by atoms with E-state index in [0.29, 0.717) is 29.6 Å². The molecule has 0 aliphatic carbocycles.